The number of nitrogens with zero attached hydrogens (tertiary/aromatic N) is 2. The number of anilines is 1. The fraction of sp³-hybridized carbons (Fsp3) is 0.545. The maximum atomic E-state index is 13.7. The molecule has 2 aromatic carbocycles. The van der Waals surface area contributed by atoms with Crippen molar-refractivity contribution in [3.63, 3.8) is 0 Å². The Morgan fingerprint density at radius 2 is 1.62 bits per heavy atom. The first kappa shape index (κ1) is 29.8. The number of hydrogen-bond acceptors (Lipinski definition) is 4. The molecule has 2 aromatic rings. The topological polar surface area (TPSA) is 81.8 Å². The molecule has 1 aliphatic carbocycles. The molecule has 0 spiro atoms. The van der Waals surface area contributed by atoms with E-state index in [-0.39, 0.29) is 29.7 Å². The highest BCUT2D eigenvalue weighted by atomic mass is 16.2. The van der Waals surface area contributed by atoms with E-state index in [4.69, 9.17) is 0 Å². The van der Waals surface area contributed by atoms with Crippen molar-refractivity contribution in [2.24, 2.45) is 11.8 Å². The fourth-order valence-corrected chi connectivity index (χ4v) is 6.03. The Morgan fingerprint density at radius 1 is 0.925 bits per heavy atom. The van der Waals surface area contributed by atoms with Crippen molar-refractivity contribution in [1.29, 1.82) is 0 Å². The van der Waals surface area contributed by atoms with E-state index in [1.54, 1.807) is 6.92 Å². The minimum Gasteiger partial charge on any atom is -0.344 e. The molecular formula is C33H46N4O3. The van der Waals surface area contributed by atoms with Crippen LogP contribution in [-0.2, 0) is 27.2 Å². The second-order valence-corrected chi connectivity index (χ2v) is 11.7. The van der Waals surface area contributed by atoms with E-state index in [9.17, 15) is 14.4 Å². The summed E-state index contributed by atoms with van der Waals surface area (Å²) in [4.78, 5) is 43.2. The van der Waals surface area contributed by atoms with Gasteiger partial charge in [0.1, 0.15) is 6.04 Å². The molecule has 1 saturated heterocycles. The Morgan fingerprint density at radius 3 is 2.30 bits per heavy atom. The van der Waals surface area contributed by atoms with E-state index < -0.39 is 6.04 Å². The van der Waals surface area contributed by atoms with Crippen LogP contribution >= 0.6 is 0 Å². The number of piperazine rings is 1. The molecular weight excluding hydrogens is 500 g/mol. The van der Waals surface area contributed by atoms with Gasteiger partial charge in [0.05, 0.1) is 0 Å². The Bertz CT molecular complexity index is 1110. The minimum atomic E-state index is -0.625. The number of rotatable bonds is 10. The smallest absolute Gasteiger partial charge is 0.245 e. The third kappa shape index (κ3) is 8.17. The van der Waals surface area contributed by atoms with Crippen LogP contribution in [0, 0.1) is 11.8 Å². The van der Waals surface area contributed by atoms with Gasteiger partial charge in [-0.15, -0.1) is 0 Å². The maximum absolute atomic E-state index is 13.7. The van der Waals surface area contributed by atoms with E-state index >= 15 is 0 Å². The lowest BCUT2D eigenvalue weighted by atomic mass is 9.80. The molecule has 7 nitrogen and oxygen atoms in total. The van der Waals surface area contributed by atoms with Crippen molar-refractivity contribution < 1.29 is 14.4 Å². The van der Waals surface area contributed by atoms with Gasteiger partial charge in [-0.3, -0.25) is 19.3 Å². The van der Waals surface area contributed by atoms with Gasteiger partial charge in [-0.2, -0.15) is 0 Å². The van der Waals surface area contributed by atoms with Gasteiger partial charge in [0.2, 0.25) is 17.7 Å². The molecule has 2 N–H and O–H groups in total. The Balaban J connectivity index is 1.38. The SMILES string of the molecule is CCC(=O)NC(Cc1ccc(NC(=O)[C@@H](C)C2CCCCC2)cc1)C(=O)N1CCN(C)C(Cc2ccccc2)C1. The summed E-state index contributed by atoms with van der Waals surface area (Å²) in [5, 5.41) is 6.05. The van der Waals surface area contributed by atoms with Gasteiger partial charge in [0.15, 0.2) is 0 Å². The van der Waals surface area contributed by atoms with Gasteiger partial charge in [-0.25, -0.2) is 0 Å². The molecule has 40 heavy (non-hydrogen) atoms. The van der Waals surface area contributed by atoms with E-state index in [0.717, 1.165) is 37.1 Å². The average molecular weight is 547 g/mol. The summed E-state index contributed by atoms with van der Waals surface area (Å²) < 4.78 is 0. The first-order valence-corrected chi connectivity index (χ1v) is 15.1. The van der Waals surface area contributed by atoms with Gasteiger partial charge in [-0.05, 0) is 55.5 Å². The second-order valence-electron chi connectivity index (χ2n) is 11.7. The van der Waals surface area contributed by atoms with Gasteiger partial charge in [-0.1, -0.05) is 75.6 Å². The van der Waals surface area contributed by atoms with Crippen LogP contribution in [0.2, 0.25) is 0 Å². The van der Waals surface area contributed by atoms with Crippen molar-refractivity contribution in [1.82, 2.24) is 15.1 Å². The van der Waals surface area contributed by atoms with E-state index in [1.807, 2.05) is 54.3 Å². The lowest BCUT2D eigenvalue weighted by Crippen LogP contribution is -2.58. The van der Waals surface area contributed by atoms with Crippen LogP contribution in [0.1, 0.15) is 63.5 Å². The largest absolute Gasteiger partial charge is 0.344 e. The first-order chi connectivity index (χ1) is 19.3. The Hall–Kier alpha value is -3.19. The summed E-state index contributed by atoms with van der Waals surface area (Å²) in [6.45, 7) is 5.91. The van der Waals surface area contributed by atoms with Crippen molar-refractivity contribution in [3.8, 4) is 0 Å². The second kappa shape index (κ2) is 14.4. The lowest BCUT2D eigenvalue weighted by Gasteiger charge is -2.41. The predicted octanol–water partition coefficient (Wildman–Crippen LogP) is 4.66. The molecule has 2 unspecified atom stereocenters. The molecule has 216 valence electrons. The van der Waals surface area contributed by atoms with E-state index in [0.29, 0.717) is 31.8 Å². The summed E-state index contributed by atoms with van der Waals surface area (Å²) in [6, 6.07) is 17.7. The zero-order valence-electron chi connectivity index (χ0n) is 24.4. The molecule has 4 rings (SSSR count). The summed E-state index contributed by atoms with van der Waals surface area (Å²) in [5.74, 6) is 0.368. The van der Waals surface area contributed by atoms with Crippen molar-refractivity contribution in [2.75, 3.05) is 32.0 Å². The number of hydrogen-bond donors (Lipinski definition) is 2. The number of carbonyl (C=O) groups is 3. The Kier molecular flexibility index (Phi) is 10.8. The molecule has 1 aliphatic heterocycles. The van der Waals surface area contributed by atoms with Crippen LogP contribution in [0.5, 0.6) is 0 Å². The van der Waals surface area contributed by atoms with E-state index in [2.05, 4.69) is 34.7 Å². The highest BCUT2D eigenvalue weighted by molar-refractivity contribution is 5.92. The third-order valence-corrected chi connectivity index (χ3v) is 8.79. The maximum Gasteiger partial charge on any atom is 0.245 e. The van der Waals surface area contributed by atoms with Crippen molar-refractivity contribution in [3.05, 3.63) is 65.7 Å². The quantitative estimate of drug-likeness (QED) is 0.454. The number of nitrogens with one attached hydrogen (secondary N) is 2. The van der Waals surface area contributed by atoms with E-state index in [1.165, 1.54) is 24.8 Å². The number of amides is 3. The molecule has 1 saturated carbocycles. The summed E-state index contributed by atoms with van der Waals surface area (Å²) >= 11 is 0. The van der Waals surface area contributed by atoms with Crippen molar-refractivity contribution >= 4 is 23.4 Å². The molecule has 3 atom stereocenters. The van der Waals surface area contributed by atoms with Crippen LogP contribution in [0.4, 0.5) is 5.69 Å². The average Bonchev–Trinajstić information content (AvgIpc) is 2.99. The number of likely N-dealkylation sites (N-methyl/N-ethyl adjacent to an activating group) is 1. The Labute approximate surface area is 239 Å². The highest BCUT2D eigenvalue weighted by Gasteiger charge is 2.32. The third-order valence-electron chi connectivity index (χ3n) is 8.79. The highest BCUT2D eigenvalue weighted by Crippen LogP contribution is 2.30. The summed E-state index contributed by atoms with van der Waals surface area (Å²) in [7, 11) is 2.11. The van der Waals surface area contributed by atoms with Gasteiger partial charge < -0.3 is 15.5 Å². The monoisotopic (exact) mass is 546 g/mol. The number of carbonyl (C=O) groups excluding carboxylic acids is 3. The summed E-state index contributed by atoms with van der Waals surface area (Å²) in [6.07, 6.45) is 7.58. The predicted molar refractivity (Wildman–Crippen MR) is 160 cm³/mol. The van der Waals surface area contributed by atoms with Gasteiger partial charge in [0, 0.05) is 50.1 Å². The molecule has 3 amide bonds. The fourth-order valence-electron chi connectivity index (χ4n) is 6.03. The van der Waals surface area contributed by atoms with Gasteiger partial charge >= 0.3 is 0 Å². The van der Waals surface area contributed by atoms with Crippen LogP contribution < -0.4 is 10.6 Å². The molecule has 0 radical (unpaired) electrons. The summed E-state index contributed by atoms with van der Waals surface area (Å²) in [5.41, 5.74) is 2.97. The zero-order valence-corrected chi connectivity index (χ0v) is 24.4. The molecule has 0 aromatic heterocycles. The van der Waals surface area contributed by atoms with Crippen LogP contribution in [-0.4, -0.2) is 66.3 Å². The van der Waals surface area contributed by atoms with Crippen LogP contribution in [0.3, 0.4) is 0 Å². The molecule has 1 heterocycles. The molecule has 2 fully saturated rings. The molecule has 0 bridgehead atoms. The first-order valence-electron chi connectivity index (χ1n) is 15.1. The van der Waals surface area contributed by atoms with Crippen molar-refractivity contribution in [2.45, 2.75) is 77.3 Å². The zero-order chi connectivity index (χ0) is 28.5. The molecule has 7 heteroatoms. The van der Waals surface area contributed by atoms with Crippen LogP contribution in [0.15, 0.2) is 54.6 Å². The standard InChI is InChI=1S/C33H46N4O3/c1-4-31(38)35-30(33(40)37-20-19-36(3)29(23-37)21-25-11-7-5-8-12-25)22-26-15-17-28(18-16-26)34-32(39)24(2)27-13-9-6-10-14-27/h5,7-8,11-12,15-18,24,27,29-30H,4,6,9-10,13-14,19-23H2,1-3H3,(H,34,39)(H,35,38)/t24-,29?,30?/m0/s1. The lowest BCUT2D eigenvalue weighted by molar-refractivity contribution is -0.138. The van der Waals surface area contributed by atoms with Crippen LogP contribution in [0.25, 0.3) is 0 Å². The normalized spacial score (nSPS) is 20.0. The molecule has 2 aliphatic rings. The van der Waals surface area contributed by atoms with Gasteiger partial charge in [0.25, 0.3) is 0 Å². The minimum absolute atomic E-state index is 0.000499. The number of benzene rings is 2.